The number of nitrogens with one attached hydrogen (secondary N) is 2. The number of hydrogen-bond donors (Lipinski definition) is 3. The largest absolute Gasteiger partial charge is 0.491 e. The fourth-order valence-electron chi connectivity index (χ4n) is 3.10. The SMILES string of the molecule is O=C(O)c1ccc2c(c1)NCc1csc(n1)-c1ccnc(c1)NCCCCCO2. The fourth-order valence-corrected chi connectivity index (χ4v) is 3.91. The number of pyridine rings is 1. The van der Waals surface area contributed by atoms with Gasteiger partial charge in [0.25, 0.3) is 0 Å². The highest BCUT2D eigenvalue weighted by Crippen LogP contribution is 2.29. The summed E-state index contributed by atoms with van der Waals surface area (Å²) in [6, 6.07) is 8.86. The number of aromatic nitrogens is 2. The molecule has 0 aliphatic carbocycles. The van der Waals surface area contributed by atoms with E-state index in [9.17, 15) is 9.90 Å². The normalized spacial score (nSPS) is 14.5. The summed E-state index contributed by atoms with van der Waals surface area (Å²) in [6.45, 7) is 1.90. The Bertz CT molecular complexity index is 1010. The van der Waals surface area contributed by atoms with Gasteiger partial charge in [-0.05, 0) is 49.6 Å². The maximum absolute atomic E-state index is 11.3. The Morgan fingerprint density at radius 1 is 1.14 bits per heavy atom. The number of thiazole rings is 1. The van der Waals surface area contributed by atoms with Gasteiger partial charge in [-0.25, -0.2) is 14.8 Å². The standard InChI is InChI=1S/C21H22N4O3S/c26-21(27)15-4-5-18-17(10-15)24-12-16-13-29-20(25-16)14-6-8-23-19(11-14)22-7-2-1-3-9-28-18/h4-6,8,10-11,13,24H,1-3,7,9,12H2,(H,22,23)(H,26,27). The highest BCUT2D eigenvalue weighted by atomic mass is 32.1. The van der Waals surface area contributed by atoms with E-state index in [4.69, 9.17) is 9.72 Å². The van der Waals surface area contributed by atoms with Gasteiger partial charge in [-0.2, -0.15) is 0 Å². The summed E-state index contributed by atoms with van der Waals surface area (Å²) in [5.41, 5.74) is 2.80. The van der Waals surface area contributed by atoms with Crippen molar-refractivity contribution in [3.63, 3.8) is 0 Å². The summed E-state index contributed by atoms with van der Waals surface area (Å²) in [4.78, 5) is 20.4. The summed E-state index contributed by atoms with van der Waals surface area (Å²) < 4.78 is 5.92. The van der Waals surface area contributed by atoms with Crippen LogP contribution in [0.4, 0.5) is 11.5 Å². The number of carboxylic acid groups (broad SMARTS) is 1. The highest BCUT2D eigenvalue weighted by molar-refractivity contribution is 7.13. The Kier molecular flexibility index (Phi) is 5.90. The lowest BCUT2D eigenvalue weighted by Crippen LogP contribution is -2.07. The molecule has 2 aromatic heterocycles. The van der Waals surface area contributed by atoms with Gasteiger partial charge in [0, 0.05) is 23.7 Å². The summed E-state index contributed by atoms with van der Waals surface area (Å²) >= 11 is 1.57. The minimum atomic E-state index is -0.963. The third-order valence-electron chi connectivity index (χ3n) is 4.63. The number of carboxylic acids is 1. The third kappa shape index (κ3) is 4.83. The average Bonchev–Trinajstić information content (AvgIpc) is 3.20. The van der Waals surface area contributed by atoms with Gasteiger partial charge < -0.3 is 20.5 Å². The number of nitrogens with zero attached hydrogens (tertiary/aromatic N) is 2. The molecule has 0 spiro atoms. The van der Waals surface area contributed by atoms with Gasteiger partial charge in [0.05, 0.1) is 30.1 Å². The molecule has 1 aromatic carbocycles. The molecule has 7 nitrogen and oxygen atoms in total. The topological polar surface area (TPSA) is 96.4 Å². The number of rotatable bonds is 1. The number of hydrogen-bond acceptors (Lipinski definition) is 7. The molecule has 4 rings (SSSR count). The first-order chi connectivity index (χ1) is 14.2. The molecule has 0 saturated heterocycles. The molecule has 0 radical (unpaired) electrons. The Morgan fingerprint density at radius 3 is 2.97 bits per heavy atom. The number of ether oxygens (including phenoxy) is 1. The van der Waals surface area contributed by atoms with Gasteiger partial charge in [0.15, 0.2) is 0 Å². The first-order valence-corrected chi connectivity index (χ1v) is 10.5. The Morgan fingerprint density at radius 2 is 2.07 bits per heavy atom. The van der Waals surface area contributed by atoms with Gasteiger partial charge in [0.1, 0.15) is 16.6 Å². The Labute approximate surface area is 172 Å². The Hall–Kier alpha value is -3.13. The van der Waals surface area contributed by atoms with E-state index in [0.29, 0.717) is 24.6 Å². The fraction of sp³-hybridized carbons (Fsp3) is 0.286. The number of aromatic carboxylic acids is 1. The van der Waals surface area contributed by atoms with Crippen molar-refractivity contribution in [3.05, 3.63) is 53.2 Å². The van der Waals surface area contributed by atoms with Crippen LogP contribution in [0.25, 0.3) is 10.6 Å². The molecule has 0 amide bonds. The van der Waals surface area contributed by atoms with E-state index in [1.165, 1.54) is 0 Å². The maximum atomic E-state index is 11.3. The zero-order valence-corrected chi connectivity index (χ0v) is 16.7. The molecule has 150 valence electrons. The molecule has 3 heterocycles. The van der Waals surface area contributed by atoms with Crippen LogP contribution in [-0.4, -0.2) is 34.2 Å². The molecule has 3 N–H and O–H groups in total. The average molecular weight is 410 g/mol. The van der Waals surface area contributed by atoms with E-state index >= 15 is 0 Å². The molecule has 3 aromatic rings. The maximum Gasteiger partial charge on any atom is 0.335 e. The predicted octanol–water partition coefficient (Wildman–Crippen LogP) is 4.49. The van der Waals surface area contributed by atoms with E-state index in [1.54, 1.807) is 35.7 Å². The predicted molar refractivity (Wildman–Crippen MR) is 114 cm³/mol. The summed E-state index contributed by atoms with van der Waals surface area (Å²) in [7, 11) is 0. The van der Waals surface area contributed by atoms with Crippen LogP contribution < -0.4 is 15.4 Å². The van der Waals surface area contributed by atoms with Crippen molar-refractivity contribution in [2.24, 2.45) is 0 Å². The molecule has 0 unspecified atom stereocenters. The van der Waals surface area contributed by atoms with Crippen LogP contribution in [0.3, 0.4) is 0 Å². The zero-order valence-electron chi connectivity index (χ0n) is 15.9. The van der Waals surface area contributed by atoms with Crippen LogP contribution in [0.2, 0.25) is 0 Å². The van der Waals surface area contributed by atoms with Gasteiger partial charge in [-0.3, -0.25) is 0 Å². The quantitative estimate of drug-likeness (QED) is 0.544. The lowest BCUT2D eigenvalue weighted by atomic mass is 10.2. The molecule has 0 atom stereocenters. The highest BCUT2D eigenvalue weighted by Gasteiger charge is 2.12. The van der Waals surface area contributed by atoms with E-state index < -0.39 is 5.97 Å². The second-order valence-corrected chi connectivity index (χ2v) is 7.64. The number of carbonyl (C=O) groups is 1. The summed E-state index contributed by atoms with van der Waals surface area (Å²) in [5.74, 6) is 0.547. The van der Waals surface area contributed by atoms with Crippen LogP contribution in [0.5, 0.6) is 5.75 Å². The zero-order chi connectivity index (χ0) is 20.1. The smallest absolute Gasteiger partial charge is 0.335 e. The van der Waals surface area contributed by atoms with Crippen LogP contribution >= 0.6 is 11.3 Å². The van der Waals surface area contributed by atoms with Gasteiger partial charge >= 0.3 is 5.97 Å². The second kappa shape index (κ2) is 8.91. The van der Waals surface area contributed by atoms with Crippen molar-refractivity contribution >= 4 is 28.8 Å². The van der Waals surface area contributed by atoms with Crippen LogP contribution in [-0.2, 0) is 6.54 Å². The minimum absolute atomic E-state index is 0.222. The van der Waals surface area contributed by atoms with Crippen LogP contribution in [0.15, 0.2) is 41.9 Å². The van der Waals surface area contributed by atoms with Crippen molar-refractivity contribution in [2.45, 2.75) is 25.8 Å². The number of anilines is 2. The monoisotopic (exact) mass is 410 g/mol. The third-order valence-corrected chi connectivity index (χ3v) is 5.57. The Balaban J connectivity index is 1.61. The first-order valence-electron chi connectivity index (χ1n) is 9.58. The van der Waals surface area contributed by atoms with Crippen molar-refractivity contribution in [2.75, 3.05) is 23.8 Å². The molecule has 8 heteroatoms. The van der Waals surface area contributed by atoms with Gasteiger partial charge in [0.2, 0.25) is 0 Å². The van der Waals surface area contributed by atoms with Crippen molar-refractivity contribution < 1.29 is 14.6 Å². The number of benzene rings is 1. The molecule has 0 saturated carbocycles. The van der Waals surface area contributed by atoms with E-state index in [2.05, 4.69) is 15.6 Å². The van der Waals surface area contributed by atoms with Crippen LogP contribution in [0, 0.1) is 0 Å². The molecule has 0 fully saturated rings. The van der Waals surface area contributed by atoms with E-state index in [1.807, 2.05) is 17.5 Å². The lowest BCUT2D eigenvalue weighted by molar-refractivity contribution is 0.0697. The molecular weight excluding hydrogens is 388 g/mol. The van der Waals surface area contributed by atoms with E-state index in [0.717, 1.165) is 47.9 Å². The van der Waals surface area contributed by atoms with Crippen molar-refractivity contribution in [1.82, 2.24) is 9.97 Å². The van der Waals surface area contributed by atoms with Crippen molar-refractivity contribution in [3.8, 4) is 16.3 Å². The van der Waals surface area contributed by atoms with Gasteiger partial charge in [-0.1, -0.05) is 0 Å². The van der Waals surface area contributed by atoms with E-state index in [-0.39, 0.29) is 5.56 Å². The molecule has 4 bridgehead atoms. The minimum Gasteiger partial charge on any atom is -0.491 e. The molecule has 1 aliphatic rings. The molecule has 1 aliphatic heterocycles. The second-order valence-electron chi connectivity index (χ2n) is 6.78. The summed E-state index contributed by atoms with van der Waals surface area (Å²) in [5, 5.41) is 18.9. The lowest BCUT2D eigenvalue weighted by Gasteiger charge is -2.14. The first kappa shape index (κ1) is 19.2. The van der Waals surface area contributed by atoms with Crippen LogP contribution in [0.1, 0.15) is 35.3 Å². The van der Waals surface area contributed by atoms with Crippen molar-refractivity contribution in [1.29, 1.82) is 0 Å². The summed E-state index contributed by atoms with van der Waals surface area (Å²) in [6.07, 6.45) is 4.75. The molecular formula is C21H22N4O3S. The number of fused-ring (bicyclic) bond motifs is 6. The van der Waals surface area contributed by atoms with Gasteiger partial charge in [-0.15, -0.1) is 11.3 Å². The molecule has 29 heavy (non-hydrogen) atoms.